The highest BCUT2D eigenvalue weighted by atomic mass is 35.5. The van der Waals surface area contributed by atoms with Gasteiger partial charge in [-0.05, 0) is 33.1 Å². The van der Waals surface area contributed by atoms with E-state index in [0.29, 0.717) is 11.6 Å². The van der Waals surface area contributed by atoms with Crippen molar-refractivity contribution in [1.82, 2.24) is 24.2 Å². The number of hydrogen-bond donors (Lipinski definition) is 0. The second-order valence-corrected chi connectivity index (χ2v) is 6.79. The number of amides is 1. The van der Waals surface area contributed by atoms with Gasteiger partial charge in [-0.2, -0.15) is 5.10 Å². The van der Waals surface area contributed by atoms with Crippen LogP contribution < -0.4 is 0 Å². The third-order valence-electron chi connectivity index (χ3n) is 4.82. The van der Waals surface area contributed by atoms with Crippen LogP contribution in [0.15, 0.2) is 12.4 Å². The number of carbonyl (C=O) groups excluding carboxylic acids is 1. The van der Waals surface area contributed by atoms with E-state index in [1.807, 2.05) is 32.0 Å². The van der Waals surface area contributed by atoms with Gasteiger partial charge in [0.1, 0.15) is 11.0 Å². The molecular formula is C17H24ClN5O. The molecule has 1 atom stereocenters. The summed E-state index contributed by atoms with van der Waals surface area (Å²) in [5.41, 5.74) is 1.93. The zero-order valence-corrected chi connectivity index (χ0v) is 15.3. The summed E-state index contributed by atoms with van der Waals surface area (Å²) in [5.74, 6) is 1.19. The van der Waals surface area contributed by atoms with Crippen LogP contribution in [0.2, 0.25) is 5.15 Å². The van der Waals surface area contributed by atoms with Gasteiger partial charge in [0.05, 0.1) is 11.7 Å². The van der Waals surface area contributed by atoms with Crippen LogP contribution in [0.25, 0.3) is 0 Å². The maximum absolute atomic E-state index is 12.7. The lowest BCUT2D eigenvalue weighted by atomic mass is 10.1. The number of halogens is 1. The Kier molecular flexibility index (Phi) is 4.94. The number of hydrogen-bond acceptors (Lipinski definition) is 3. The minimum absolute atomic E-state index is 0.0636. The summed E-state index contributed by atoms with van der Waals surface area (Å²) in [7, 11) is 1.84. The predicted molar refractivity (Wildman–Crippen MR) is 92.8 cm³/mol. The first-order chi connectivity index (χ1) is 11.5. The highest BCUT2D eigenvalue weighted by Gasteiger charge is 2.33. The highest BCUT2D eigenvalue weighted by molar-refractivity contribution is 6.30. The van der Waals surface area contributed by atoms with Crippen molar-refractivity contribution in [3.63, 3.8) is 0 Å². The van der Waals surface area contributed by atoms with E-state index in [0.717, 1.165) is 49.4 Å². The Hall–Kier alpha value is -1.82. The summed E-state index contributed by atoms with van der Waals surface area (Å²) < 4.78 is 3.77. The molecule has 0 aliphatic carbocycles. The van der Waals surface area contributed by atoms with Gasteiger partial charge >= 0.3 is 0 Å². The van der Waals surface area contributed by atoms with Gasteiger partial charge in [0, 0.05) is 44.5 Å². The van der Waals surface area contributed by atoms with Crippen molar-refractivity contribution < 1.29 is 4.79 Å². The minimum Gasteiger partial charge on any atom is -0.335 e. The second-order valence-electron chi connectivity index (χ2n) is 6.43. The minimum atomic E-state index is 0.0636. The largest absolute Gasteiger partial charge is 0.335 e. The third kappa shape index (κ3) is 3.20. The molecule has 1 fully saturated rings. The average Bonchev–Trinajstić information content (AvgIpc) is 3.22. The van der Waals surface area contributed by atoms with Gasteiger partial charge in [-0.25, -0.2) is 4.98 Å². The zero-order chi connectivity index (χ0) is 17.3. The lowest BCUT2D eigenvalue weighted by Crippen LogP contribution is -2.30. The van der Waals surface area contributed by atoms with E-state index in [4.69, 9.17) is 11.6 Å². The summed E-state index contributed by atoms with van der Waals surface area (Å²) >= 11 is 6.41. The Labute approximate surface area is 147 Å². The molecule has 3 heterocycles. The maximum Gasteiger partial charge on any atom is 0.223 e. The topological polar surface area (TPSA) is 56.0 Å². The molecule has 0 aromatic carbocycles. The molecular weight excluding hydrogens is 326 g/mol. The first-order valence-corrected chi connectivity index (χ1v) is 8.83. The van der Waals surface area contributed by atoms with Crippen LogP contribution in [0.5, 0.6) is 0 Å². The molecule has 0 spiro atoms. The molecule has 3 rings (SSSR count). The summed E-state index contributed by atoms with van der Waals surface area (Å²) in [4.78, 5) is 18.9. The number of imidazole rings is 1. The van der Waals surface area contributed by atoms with Crippen LogP contribution in [-0.4, -0.2) is 36.7 Å². The Morgan fingerprint density at radius 2 is 2.21 bits per heavy atom. The van der Waals surface area contributed by atoms with E-state index in [1.165, 1.54) is 0 Å². The Bertz CT molecular complexity index is 735. The van der Waals surface area contributed by atoms with Crippen LogP contribution in [0, 0.1) is 13.8 Å². The van der Waals surface area contributed by atoms with E-state index in [9.17, 15) is 4.79 Å². The van der Waals surface area contributed by atoms with Gasteiger partial charge in [0.2, 0.25) is 5.91 Å². The van der Waals surface area contributed by atoms with Crippen molar-refractivity contribution in [2.24, 2.45) is 7.05 Å². The van der Waals surface area contributed by atoms with E-state index < -0.39 is 0 Å². The quantitative estimate of drug-likeness (QED) is 0.833. The summed E-state index contributed by atoms with van der Waals surface area (Å²) in [5, 5.41) is 5.04. The van der Waals surface area contributed by atoms with E-state index in [1.54, 1.807) is 10.9 Å². The molecule has 24 heavy (non-hydrogen) atoms. The first-order valence-electron chi connectivity index (χ1n) is 8.45. The second kappa shape index (κ2) is 6.97. The normalized spacial score (nSPS) is 17.7. The molecule has 0 unspecified atom stereocenters. The monoisotopic (exact) mass is 349 g/mol. The van der Waals surface area contributed by atoms with Gasteiger partial charge in [-0.3, -0.25) is 9.48 Å². The fraction of sp³-hybridized carbons (Fsp3) is 0.588. The summed E-state index contributed by atoms with van der Waals surface area (Å²) in [6.07, 6.45) is 7.09. The standard InChI is InChI=1S/C17H24ClN5O/c1-12-16(17(18)21(3)20-12)14-6-4-10-23(14)15(24)7-5-9-22-11-8-19-13(22)2/h8,11,14H,4-7,9-10H2,1-3H3/t14-/m1/s1. The maximum atomic E-state index is 12.7. The fourth-order valence-corrected chi connectivity index (χ4v) is 3.88. The smallest absolute Gasteiger partial charge is 0.223 e. The van der Waals surface area contributed by atoms with Crippen molar-refractivity contribution in [2.75, 3.05) is 6.54 Å². The van der Waals surface area contributed by atoms with Gasteiger partial charge in [-0.1, -0.05) is 11.6 Å². The molecule has 130 valence electrons. The molecule has 2 aromatic rings. The SMILES string of the molecule is Cc1nn(C)c(Cl)c1[C@H]1CCCN1C(=O)CCCn1ccnc1C. The van der Waals surface area contributed by atoms with E-state index in [-0.39, 0.29) is 11.9 Å². The Morgan fingerprint density at radius 3 is 2.83 bits per heavy atom. The lowest BCUT2D eigenvalue weighted by molar-refractivity contribution is -0.132. The number of likely N-dealkylation sites (tertiary alicyclic amines) is 1. The molecule has 0 N–H and O–H groups in total. The van der Waals surface area contributed by atoms with E-state index >= 15 is 0 Å². The van der Waals surface area contributed by atoms with Crippen molar-refractivity contribution in [1.29, 1.82) is 0 Å². The zero-order valence-electron chi connectivity index (χ0n) is 14.5. The molecule has 1 saturated heterocycles. The van der Waals surface area contributed by atoms with Gasteiger partial charge in [0.25, 0.3) is 0 Å². The van der Waals surface area contributed by atoms with Gasteiger partial charge in [0.15, 0.2) is 0 Å². The Morgan fingerprint density at radius 1 is 1.42 bits per heavy atom. The lowest BCUT2D eigenvalue weighted by Gasteiger charge is -2.25. The van der Waals surface area contributed by atoms with E-state index in [2.05, 4.69) is 14.6 Å². The number of aryl methyl sites for hydroxylation is 4. The Balaban J connectivity index is 1.64. The predicted octanol–water partition coefficient (Wildman–Crippen LogP) is 3.03. The van der Waals surface area contributed by atoms with Crippen LogP contribution in [0.1, 0.15) is 48.8 Å². The summed E-state index contributed by atoms with van der Waals surface area (Å²) in [6, 6.07) is 0.0636. The number of aromatic nitrogens is 4. The summed E-state index contributed by atoms with van der Waals surface area (Å²) in [6.45, 7) is 5.57. The number of carbonyl (C=O) groups is 1. The van der Waals surface area contributed by atoms with Crippen LogP contribution in [0.3, 0.4) is 0 Å². The molecule has 0 radical (unpaired) electrons. The van der Waals surface area contributed by atoms with Crippen molar-refractivity contribution in [3.8, 4) is 0 Å². The molecule has 0 bridgehead atoms. The highest BCUT2D eigenvalue weighted by Crippen LogP contribution is 2.37. The fourth-order valence-electron chi connectivity index (χ4n) is 3.57. The van der Waals surface area contributed by atoms with Crippen molar-refractivity contribution in [2.45, 2.75) is 52.1 Å². The van der Waals surface area contributed by atoms with Gasteiger partial charge in [-0.15, -0.1) is 0 Å². The van der Waals surface area contributed by atoms with Crippen LogP contribution in [0.4, 0.5) is 0 Å². The molecule has 1 aliphatic heterocycles. The van der Waals surface area contributed by atoms with Crippen LogP contribution >= 0.6 is 11.6 Å². The first kappa shape index (κ1) is 17.0. The van der Waals surface area contributed by atoms with Crippen molar-refractivity contribution >= 4 is 17.5 Å². The number of nitrogens with zero attached hydrogens (tertiary/aromatic N) is 5. The molecule has 7 heteroatoms. The van der Waals surface area contributed by atoms with Gasteiger partial charge < -0.3 is 9.47 Å². The molecule has 2 aromatic heterocycles. The average molecular weight is 350 g/mol. The molecule has 0 saturated carbocycles. The number of rotatable bonds is 5. The van der Waals surface area contributed by atoms with Crippen LogP contribution in [-0.2, 0) is 18.4 Å². The third-order valence-corrected chi connectivity index (χ3v) is 5.26. The van der Waals surface area contributed by atoms with Crippen molar-refractivity contribution in [3.05, 3.63) is 34.6 Å². The molecule has 1 amide bonds. The molecule has 1 aliphatic rings. The molecule has 6 nitrogen and oxygen atoms in total.